The SMILES string of the molecule is CCCCOc1ccc(C(=O)N(Cc2ccc(OCc3ccccc3)c(OCc3ccccc3)c2)C2CCN(Cc3ccccc3)CC2)cc1. The molecule has 258 valence electrons. The van der Waals surface area contributed by atoms with Gasteiger partial charge >= 0.3 is 0 Å². The predicted octanol–water partition coefficient (Wildman–Crippen LogP) is 9.33. The molecule has 0 saturated carbocycles. The summed E-state index contributed by atoms with van der Waals surface area (Å²) in [6.07, 6.45) is 3.90. The molecular weight excluding hydrogens is 620 g/mol. The Bertz CT molecular complexity index is 1740. The summed E-state index contributed by atoms with van der Waals surface area (Å²) in [7, 11) is 0. The first kappa shape index (κ1) is 34.8. The number of carbonyl (C=O) groups excluding carboxylic acids is 1. The molecule has 0 aromatic heterocycles. The van der Waals surface area contributed by atoms with Gasteiger partial charge in [0.2, 0.25) is 0 Å². The molecule has 0 bridgehead atoms. The summed E-state index contributed by atoms with van der Waals surface area (Å²) in [6.45, 7) is 6.95. The Balaban J connectivity index is 1.22. The largest absolute Gasteiger partial charge is 0.494 e. The van der Waals surface area contributed by atoms with E-state index in [4.69, 9.17) is 14.2 Å². The standard InChI is InChI=1S/C44H48N2O4/c1-2-3-29-48-41-22-20-39(21-23-41)44(47)46(40-25-27-45(28-26-40)31-35-13-7-4-8-14-35)32-38-19-24-42(49-33-36-15-9-5-10-16-36)43(30-38)50-34-37-17-11-6-12-18-37/h4-24,30,40H,2-3,25-29,31-34H2,1H3. The van der Waals surface area contributed by atoms with Gasteiger partial charge in [0.25, 0.3) is 5.91 Å². The van der Waals surface area contributed by atoms with Crippen LogP contribution in [0.2, 0.25) is 0 Å². The van der Waals surface area contributed by atoms with Crippen molar-refractivity contribution in [3.05, 3.63) is 161 Å². The summed E-state index contributed by atoms with van der Waals surface area (Å²) in [5.74, 6) is 2.17. The molecule has 0 aliphatic carbocycles. The topological polar surface area (TPSA) is 51.2 Å². The average molecular weight is 669 g/mol. The fourth-order valence-corrected chi connectivity index (χ4v) is 6.34. The molecule has 1 fully saturated rings. The van der Waals surface area contributed by atoms with Crippen molar-refractivity contribution in [2.24, 2.45) is 0 Å². The summed E-state index contributed by atoms with van der Waals surface area (Å²) >= 11 is 0. The first-order valence-electron chi connectivity index (χ1n) is 17.9. The first-order chi connectivity index (χ1) is 24.6. The lowest BCUT2D eigenvalue weighted by Crippen LogP contribution is -2.46. The zero-order valence-corrected chi connectivity index (χ0v) is 29.1. The Morgan fingerprint density at radius 2 is 1.24 bits per heavy atom. The van der Waals surface area contributed by atoms with Crippen LogP contribution in [0.15, 0.2) is 133 Å². The fourth-order valence-electron chi connectivity index (χ4n) is 6.34. The van der Waals surface area contributed by atoms with Crippen molar-refractivity contribution < 1.29 is 19.0 Å². The van der Waals surface area contributed by atoms with Gasteiger partial charge in [0.05, 0.1) is 6.61 Å². The van der Waals surface area contributed by atoms with Crippen LogP contribution in [-0.2, 0) is 26.3 Å². The van der Waals surface area contributed by atoms with Crippen LogP contribution in [0.5, 0.6) is 17.2 Å². The van der Waals surface area contributed by atoms with E-state index in [0.29, 0.717) is 43.4 Å². The predicted molar refractivity (Wildman–Crippen MR) is 199 cm³/mol. The zero-order chi connectivity index (χ0) is 34.4. The molecule has 0 unspecified atom stereocenters. The van der Waals surface area contributed by atoms with Crippen LogP contribution >= 0.6 is 0 Å². The zero-order valence-electron chi connectivity index (χ0n) is 29.1. The summed E-state index contributed by atoms with van der Waals surface area (Å²) in [5, 5.41) is 0. The first-order valence-corrected chi connectivity index (χ1v) is 17.9. The molecule has 0 atom stereocenters. The number of piperidine rings is 1. The van der Waals surface area contributed by atoms with E-state index < -0.39 is 0 Å². The smallest absolute Gasteiger partial charge is 0.254 e. The molecule has 6 rings (SSSR count). The van der Waals surface area contributed by atoms with Gasteiger partial charge in [-0.1, -0.05) is 110 Å². The highest BCUT2D eigenvalue weighted by atomic mass is 16.5. The summed E-state index contributed by atoms with van der Waals surface area (Å²) < 4.78 is 18.6. The van der Waals surface area contributed by atoms with Crippen molar-refractivity contribution in [3.8, 4) is 17.2 Å². The minimum absolute atomic E-state index is 0.0303. The highest BCUT2D eigenvalue weighted by Crippen LogP contribution is 2.32. The molecule has 1 saturated heterocycles. The summed E-state index contributed by atoms with van der Waals surface area (Å²) in [4.78, 5) is 18.9. The number of rotatable bonds is 16. The second-order valence-corrected chi connectivity index (χ2v) is 13.0. The van der Waals surface area contributed by atoms with E-state index in [1.54, 1.807) is 0 Å². The molecule has 1 amide bonds. The van der Waals surface area contributed by atoms with Gasteiger partial charge in [-0.15, -0.1) is 0 Å². The van der Waals surface area contributed by atoms with Crippen LogP contribution in [0.1, 0.15) is 65.2 Å². The summed E-state index contributed by atoms with van der Waals surface area (Å²) in [5.41, 5.74) is 5.15. The van der Waals surface area contributed by atoms with Crippen LogP contribution in [0.3, 0.4) is 0 Å². The van der Waals surface area contributed by atoms with E-state index >= 15 is 0 Å². The fraction of sp³-hybridized carbons (Fsp3) is 0.295. The molecule has 6 heteroatoms. The molecule has 1 heterocycles. The molecule has 6 nitrogen and oxygen atoms in total. The van der Waals surface area contributed by atoms with Gasteiger partial charge in [0.15, 0.2) is 11.5 Å². The van der Waals surface area contributed by atoms with E-state index in [2.05, 4.69) is 77.4 Å². The van der Waals surface area contributed by atoms with Crippen LogP contribution in [0.25, 0.3) is 0 Å². The van der Waals surface area contributed by atoms with E-state index in [9.17, 15) is 4.79 Å². The number of carbonyl (C=O) groups is 1. The van der Waals surface area contributed by atoms with Gasteiger partial charge in [0.1, 0.15) is 19.0 Å². The summed E-state index contributed by atoms with van der Waals surface area (Å²) in [6, 6.07) is 44.7. The molecule has 5 aromatic carbocycles. The van der Waals surface area contributed by atoms with Crippen molar-refractivity contribution in [1.29, 1.82) is 0 Å². The molecule has 1 aliphatic heterocycles. The normalized spacial score (nSPS) is 13.5. The molecule has 50 heavy (non-hydrogen) atoms. The van der Waals surface area contributed by atoms with Crippen molar-refractivity contribution in [2.75, 3.05) is 19.7 Å². The lowest BCUT2D eigenvalue weighted by Gasteiger charge is -2.39. The third-order valence-electron chi connectivity index (χ3n) is 9.21. The lowest BCUT2D eigenvalue weighted by atomic mass is 10.00. The Kier molecular flexibility index (Phi) is 12.6. The molecule has 5 aromatic rings. The van der Waals surface area contributed by atoms with Gasteiger partial charge in [-0.2, -0.15) is 0 Å². The number of nitrogens with zero attached hydrogens (tertiary/aromatic N) is 2. The maximum absolute atomic E-state index is 14.3. The van der Waals surface area contributed by atoms with Gasteiger partial charge in [0, 0.05) is 37.8 Å². The number of unbranched alkanes of at least 4 members (excludes halogenated alkanes) is 1. The molecular formula is C44H48N2O4. The van der Waals surface area contributed by atoms with Crippen LogP contribution in [0, 0.1) is 0 Å². The number of hydrogen-bond acceptors (Lipinski definition) is 5. The third-order valence-corrected chi connectivity index (χ3v) is 9.21. The van der Waals surface area contributed by atoms with Gasteiger partial charge in [-0.25, -0.2) is 0 Å². The van der Waals surface area contributed by atoms with Crippen molar-refractivity contribution >= 4 is 5.91 Å². The Hall–Kier alpha value is -5.07. The number of likely N-dealkylation sites (tertiary alicyclic amines) is 1. The second-order valence-electron chi connectivity index (χ2n) is 13.0. The average Bonchev–Trinajstić information content (AvgIpc) is 3.17. The minimum atomic E-state index is 0.0303. The second kappa shape index (κ2) is 18.1. The number of benzene rings is 5. The highest BCUT2D eigenvalue weighted by molar-refractivity contribution is 5.94. The van der Waals surface area contributed by atoms with Gasteiger partial charge in [-0.05, 0) is 77.9 Å². The van der Waals surface area contributed by atoms with Crippen LogP contribution in [-0.4, -0.2) is 41.4 Å². The molecule has 1 aliphatic rings. The van der Waals surface area contributed by atoms with E-state index in [0.717, 1.165) is 67.8 Å². The van der Waals surface area contributed by atoms with Crippen molar-refractivity contribution in [3.63, 3.8) is 0 Å². The maximum Gasteiger partial charge on any atom is 0.254 e. The highest BCUT2D eigenvalue weighted by Gasteiger charge is 2.29. The van der Waals surface area contributed by atoms with Crippen molar-refractivity contribution in [2.45, 2.75) is 65.0 Å². The number of hydrogen-bond donors (Lipinski definition) is 0. The number of amides is 1. The van der Waals surface area contributed by atoms with E-state index in [1.807, 2.05) is 72.8 Å². The van der Waals surface area contributed by atoms with Crippen LogP contribution < -0.4 is 14.2 Å². The van der Waals surface area contributed by atoms with Crippen molar-refractivity contribution in [1.82, 2.24) is 9.80 Å². The van der Waals surface area contributed by atoms with Gasteiger partial charge < -0.3 is 19.1 Å². The lowest BCUT2D eigenvalue weighted by molar-refractivity contribution is 0.0542. The maximum atomic E-state index is 14.3. The monoisotopic (exact) mass is 668 g/mol. The van der Waals surface area contributed by atoms with Gasteiger partial charge in [-0.3, -0.25) is 9.69 Å². The molecule has 0 N–H and O–H groups in total. The Labute approximate surface area is 297 Å². The quantitative estimate of drug-likeness (QED) is 0.0982. The Morgan fingerprint density at radius 1 is 0.660 bits per heavy atom. The third kappa shape index (κ3) is 9.99. The minimum Gasteiger partial charge on any atom is -0.494 e. The molecule has 0 spiro atoms. The van der Waals surface area contributed by atoms with E-state index in [1.165, 1.54) is 5.56 Å². The Morgan fingerprint density at radius 3 is 1.84 bits per heavy atom. The number of ether oxygens (including phenoxy) is 3. The van der Waals surface area contributed by atoms with Crippen LogP contribution in [0.4, 0.5) is 0 Å². The van der Waals surface area contributed by atoms with E-state index in [-0.39, 0.29) is 11.9 Å². The molecule has 0 radical (unpaired) electrons.